The molecule has 4 heteroatoms. The summed E-state index contributed by atoms with van der Waals surface area (Å²) in [5, 5.41) is 0. The van der Waals surface area contributed by atoms with Gasteiger partial charge in [0.25, 0.3) is 5.91 Å². The molecule has 4 nitrogen and oxygen atoms in total. The number of carbonyl (C=O) groups excluding carboxylic acids is 1. The highest BCUT2D eigenvalue weighted by Crippen LogP contribution is 2.29. The van der Waals surface area contributed by atoms with Crippen molar-refractivity contribution in [1.29, 1.82) is 0 Å². The van der Waals surface area contributed by atoms with Crippen LogP contribution in [0.15, 0.2) is 12.4 Å². The number of aromatic nitrogens is 1. The highest BCUT2D eigenvalue weighted by atomic mass is 16.2. The van der Waals surface area contributed by atoms with E-state index in [0.29, 0.717) is 6.54 Å². The van der Waals surface area contributed by atoms with Crippen molar-refractivity contribution in [3.8, 4) is 0 Å². The first-order valence-electron chi connectivity index (χ1n) is 5.68. The van der Waals surface area contributed by atoms with Crippen LogP contribution in [0.4, 0.5) is 0 Å². The number of nitrogens with zero attached hydrogens (tertiary/aromatic N) is 1. The molecule has 1 aromatic heterocycles. The number of aryl methyl sites for hydroxylation is 1. The van der Waals surface area contributed by atoms with Gasteiger partial charge < -0.3 is 15.6 Å². The fourth-order valence-corrected chi connectivity index (χ4v) is 2.21. The van der Waals surface area contributed by atoms with Crippen LogP contribution in [0.1, 0.15) is 29.3 Å². The lowest BCUT2D eigenvalue weighted by Crippen LogP contribution is -2.34. The molecular weight excluding hydrogens is 202 g/mol. The maximum absolute atomic E-state index is 12.2. The van der Waals surface area contributed by atoms with E-state index in [1.165, 1.54) is 0 Å². The fraction of sp³-hybridized carbons (Fsp3) is 0.583. The van der Waals surface area contributed by atoms with E-state index in [1.807, 2.05) is 18.0 Å². The fourth-order valence-electron chi connectivity index (χ4n) is 2.21. The molecule has 0 aliphatic carbocycles. The van der Waals surface area contributed by atoms with Gasteiger partial charge in [-0.05, 0) is 30.9 Å². The maximum atomic E-state index is 12.2. The van der Waals surface area contributed by atoms with Crippen LogP contribution in [0.25, 0.3) is 0 Å². The average Bonchev–Trinajstić information content (AvgIpc) is 2.85. The van der Waals surface area contributed by atoms with Gasteiger partial charge in [-0.3, -0.25) is 4.79 Å². The summed E-state index contributed by atoms with van der Waals surface area (Å²) in [6.45, 7) is 6.32. The van der Waals surface area contributed by atoms with Crippen molar-refractivity contribution >= 4 is 5.91 Å². The number of carbonyl (C=O) groups is 1. The van der Waals surface area contributed by atoms with E-state index in [-0.39, 0.29) is 11.3 Å². The van der Waals surface area contributed by atoms with Crippen molar-refractivity contribution < 1.29 is 4.79 Å². The van der Waals surface area contributed by atoms with Crippen molar-refractivity contribution in [2.45, 2.75) is 20.3 Å². The minimum absolute atomic E-state index is 0.0971. The van der Waals surface area contributed by atoms with Crippen molar-refractivity contribution in [1.82, 2.24) is 9.88 Å². The first-order valence-corrected chi connectivity index (χ1v) is 5.68. The highest BCUT2D eigenvalue weighted by molar-refractivity contribution is 5.95. The summed E-state index contributed by atoms with van der Waals surface area (Å²) in [6, 6.07) is 0. The number of likely N-dealkylation sites (tertiary alicyclic amines) is 1. The number of H-pyrrole nitrogens is 1. The van der Waals surface area contributed by atoms with Crippen molar-refractivity contribution in [2.75, 3.05) is 19.6 Å². The van der Waals surface area contributed by atoms with Crippen molar-refractivity contribution in [3.63, 3.8) is 0 Å². The van der Waals surface area contributed by atoms with E-state index in [1.54, 1.807) is 6.20 Å². The van der Waals surface area contributed by atoms with E-state index in [0.717, 1.165) is 30.6 Å². The maximum Gasteiger partial charge on any atom is 0.255 e. The van der Waals surface area contributed by atoms with Crippen LogP contribution in [0.2, 0.25) is 0 Å². The molecule has 0 bridgehead atoms. The number of nitrogens with two attached hydrogens (primary N) is 1. The Morgan fingerprint density at radius 2 is 2.38 bits per heavy atom. The largest absolute Gasteiger partial charge is 0.367 e. The van der Waals surface area contributed by atoms with Crippen LogP contribution in [0, 0.1) is 12.3 Å². The summed E-state index contributed by atoms with van der Waals surface area (Å²) in [7, 11) is 0. The zero-order valence-corrected chi connectivity index (χ0v) is 9.92. The predicted molar refractivity (Wildman–Crippen MR) is 63.2 cm³/mol. The molecule has 1 aliphatic heterocycles. The van der Waals surface area contributed by atoms with E-state index in [9.17, 15) is 4.79 Å². The zero-order chi connectivity index (χ0) is 11.8. The van der Waals surface area contributed by atoms with Gasteiger partial charge in [0.15, 0.2) is 0 Å². The number of rotatable bonds is 2. The lowest BCUT2D eigenvalue weighted by Gasteiger charge is -2.22. The Morgan fingerprint density at radius 3 is 2.88 bits per heavy atom. The number of amides is 1. The lowest BCUT2D eigenvalue weighted by molar-refractivity contribution is 0.0776. The third-order valence-corrected chi connectivity index (χ3v) is 3.52. The number of nitrogens with one attached hydrogen (secondary N) is 1. The molecule has 1 saturated heterocycles. The Hall–Kier alpha value is -1.29. The molecule has 1 fully saturated rings. The summed E-state index contributed by atoms with van der Waals surface area (Å²) >= 11 is 0. The third kappa shape index (κ3) is 1.85. The summed E-state index contributed by atoms with van der Waals surface area (Å²) in [5.74, 6) is 0.121. The van der Waals surface area contributed by atoms with Crippen molar-refractivity contribution in [3.05, 3.63) is 23.5 Å². The second-order valence-corrected chi connectivity index (χ2v) is 5.04. The number of hydrogen-bond donors (Lipinski definition) is 2. The molecule has 0 aromatic carbocycles. The molecule has 1 aromatic rings. The first-order chi connectivity index (χ1) is 7.56. The number of aromatic amines is 1. The second-order valence-electron chi connectivity index (χ2n) is 5.04. The molecule has 2 rings (SSSR count). The summed E-state index contributed by atoms with van der Waals surface area (Å²) in [4.78, 5) is 17.1. The second kappa shape index (κ2) is 3.94. The molecule has 1 amide bonds. The Kier molecular flexibility index (Phi) is 2.76. The molecule has 3 N–H and O–H groups in total. The molecule has 0 radical (unpaired) electrons. The topological polar surface area (TPSA) is 62.1 Å². The van der Waals surface area contributed by atoms with E-state index < -0.39 is 0 Å². The Morgan fingerprint density at radius 1 is 1.62 bits per heavy atom. The summed E-state index contributed by atoms with van der Waals surface area (Å²) < 4.78 is 0. The summed E-state index contributed by atoms with van der Waals surface area (Å²) in [5.41, 5.74) is 7.62. The zero-order valence-electron chi connectivity index (χ0n) is 9.92. The van der Waals surface area contributed by atoms with E-state index >= 15 is 0 Å². The minimum Gasteiger partial charge on any atom is -0.367 e. The minimum atomic E-state index is 0.0971. The first kappa shape index (κ1) is 11.2. The van der Waals surface area contributed by atoms with Gasteiger partial charge in [-0.15, -0.1) is 0 Å². The van der Waals surface area contributed by atoms with Gasteiger partial charge in [0.05, 0.1) is 5.56 Å². The van der Waals surface area contributed by atoms with Crippen LogP contribution in [0.3, 0.4) is 0 Å². The Bertz CT molecular complexity index is 399. The van der Waals surface area contributed by atoms with Gasteiger partial charge in [-0.1, -0.05) is 6.92 Å². The van der Waals surface area contributed by atoms with Crippen LogP contribution >= 0.6 is 0 Å². The Balaban J connectivity index is 2.11. The van der Waals surface area contributed by atoms with Gasteiger partial charge >= 0.3 is 0 Å². The molecule has 0 spiro atoms. The van der Waals surface area contributed by atoms with E-state index in [2.05, 4.69) is 11.9 Å². The molecule has 1 atom stereocenters. The molecule has 16 heavy (non-hydrogen) atoms. The normalized spacial score (nSPS) is 25.1. The van der Waals surface area contributed by atoms with Gasteiger partial charge in [0, 0.05) is 25.5 Å². The molecule has 0 saturated carbocycles. The smallest absolute Gasteiger partial charge is 0.255 e. The monoisotopic (exact) mass is 221 g/mol. The SMILES string of the molecule is Cc1c[nH]cc1C(=O)N1CCC(C)(CN)C1. The van der Waals surface area contributed by atoms with E-state index in [4.69, 9.17) is 5.73 Å². The van der Waals surface area contributed by atoms with Gasteiger partial charge in [-0.25, -0.2) is 0 Å². The van der Waals surface area contributed by atoms with Gasteiger partial charge in [-0.2, -0.15) is 0 Å². The molecule has 1 unspecified atom stereocenters. The molecule has 88 valence electrons. The third-order valence-electron chi connectivity index (χ3n) is 3.52. The van der Waals surface area contributed by atoms with Crippen LogP contribution in [-0.2, 0) is 0 Å². The van der Waals surface area contributed by atoms with Gasteiger partial charge in [0.2, 0.25) is 0 Å². The Labute approximate surface area is 95.8 Å². The molecule has 2 heterocycles. The molecular formula is C12H19N3O. The van der Waals surface area contributed by atoms with Crippen LogP contribution in [-0.4, -0.2) is 35.4 Å². The predicted octanol–water partition coefficient (Wildman–Crippen LogP) is 1.13. The number of hydrogen-bond acceptors (Lipinski definition) is 2. The standard InChI is InChI=1S/C12H19N3O/c1-9-5-14-6-10(9)11(16)15-4-3-12(2,7-13)8-15/h5-6,14H,3-4,7-8,13H2,1-2H3. The van der Waals surface area contributed by atoms with Crippen LogP contribution < -0.4 is 5.73 Å². The van der Waals surface area contributed by atoms with Crippen LogP contribution in [0.5, 0.6) is 0 Å². The lowest BCUT2D eigenvalue weighted by atomic mass is 9.90. The molecule has 1 aliphatic rings. The summed E-state index contributed by atoms with van der Waals surface area (Å²) in [6.07, 6.45) is 4.62. The van der Waals surface area contributed by atoms with Crippen molar-refractivity contribution in [2.24, 2.45) is 11.1 Å². The highest BCUT2D eigenvalue weighted by Gasteiger charge is 2.35. The average molecular weight is 221 g/mol. The quantitative estimate of drug-likeness (QED) is 0.786. The van der Waals surface area contributed by atoms with Gasteiger partial charge in [0.1, 0.15) is 0 Å².